The number of carbonyl (C=O) groups is 1. The quantitative estimate of drug-likeness (QED) is 0.664. The molecule has 0 aromatic rings. The van der Waals surface area contributed by atoms with Crippen LogP contribution >= 0.6 is 0 Å². The van der Waals surface area contributed by atoms with E-state index in [2.05, 4.69) is 38.0 Å². The monoisotopic (exact) mass is 259 g/mol. The first-order chi connectivity index (χ1) is 8.43. The Labute approximate surface area is 114 Å². The molecule has 0 fully saturated rings. The molecular formula is C14H33N3O. The van der Waals surface area contributed by atoms with Gasteiger partial charge in [-0.05, 0) is 54.1 Å². The van der Waals surface area contributed by atoms with Gasteiger partial charge in [0.15, 0.2) is 0 Å². The second-order valence-electron chi connectivity index (χ2n) is 4.82. The third-order valence-corrected chi connectivity index (χ3v) is 2.51. The summed E-state index contributed by atoms with van der Waals surface area (Å²) in [6.45, 7) is 9.49. The van der Waals surface area contributed by atoms with Gasteiger partial charge in [0.25, 0.3) is 0 Å². The lowest BCUT2D eigenvalue weighted by molar-refractivity contribution is -0.129. The normalized spacial score (nSPS) is 10.3. The SMILES string of the molecule is CC.CC(=O)N(CCCN(C)C)CCCN(C)C. The molecule has 110 valence electrons. The Kier molecular flexibility index (Phi) is 14.1. The van der Waals surface area contributed by atoms with Crippen LogP contribution in [0.5, 0.6) is 0 Å². The number of rotatable bonds is 8. The van der Waals surface area contributed by atoms with Gasteiger partial charge in [0.1, 0.15) is 0 Å². The highest BCUT2D eigenvalue weighted by atomic mass is 16.2. The van der Waals surface area contributed by atoms with E-state index in [-0.39, 0.29) is 5.91 Å². The van der Waals surface area contributed by atoms with Crippen LogP contribution in [0.15, 0.2) is 0 Å². The predicted octanol–water partition coefficient (Wildman–Crippen LogP) is 1.76. The van der Waals surface area contributed by atoms with Crippen molar-refractivity contribution in [1.29, 1.82) is 0 Å². The second-order valence-corrected chi connectivity index (χ2v) is 4.82. The Morgan fingerprint density at radius 2 is 1.11 bits per heavy atom. The van der Waals surface area contributed by atoms with Crippen LogP contribution in [0.25, 0.3) is 0 Å². The highest BCUT2D eigenvalue weighted by Crippen LogP contribution is 1.97. The molecule has 0 unspecified atom stereocenters. The fraction of sp³-hybridized carbons (Fsp3) is 0.929. The van der Waals surface area contributed by atoms with Crippen molar-refractivity contribution in [3.05, 3.63) is 0 Å². The molecule has 0 heterocycles. The summed E-state index contributed by atoms with van der Waals surface area (Å²) in [5.74, 6) is 0.192. The van der Waals surface area contributed by atoms with Crippen molar-refractivity contribution in [2.75, 3.05) is 54.4 Å². The zero-order chi connectivity index (χ0) is 14.6. The minimum absolute atomic E-state index is 0.192. The van der Waals surface area contributed by atoms with E-state index in [1.807, 2.05) is 18.7 Å². The fourth-order valence-electron chi connectivity index (χ4n) is 1.58. The number of carbonyl (C=O) groups excluding carboxylic acids is 1. The van der Waals surface area contributed by atoms with Crippen LogP contribution in [0.2, 0.25) is 0 Å². The summed E-state index contributed by atoms with van der Waals surface area (Å²) in [7, 11) is 8.24. The van der Waals surface area contributed by atoms with Crippen LogP contribution in [-0.4, -0.2) is 75.0 Å². The molecule has 0 rings (SSSR count). The average molecular weight is 259 g/mol. The predicted molar refractivity (Wildman–Crippen MR) is 79.9 cm³/mol. The highest BCUT2D eigenvalue weighted by molar-refractivity contribution is 5.73. The summed E-state index contributed by atoms with van der Waals surface area (Å²) in [6, 6.07) is 0. The molecule has 0 saturated carbocycles. The maximum absolute atomic E-state index is 11.4. The van der Waals surface area contributed by atoms with E-state index in [4.69, 9.17) is 0 Å². The smallest absolute Gasteiger partial charge is 0.219 e. The van der Waals surface area contributed by atoms with Gasteiger partial charge in [-0.15, -0.1) is 0 Å². The fourth-order valence-corrected chi connectivity index (χ4v) is 1.58. The van der Waals surface area contributed by atoms with Gasteiger partial charge in [-0.1, -0.05) is 13.8 Å². The van der Waals surface area contributed by atoms with Gasteiger partial charge in [-0.25, -0.2) is 0 Å². The van der Waals surface area contributed by atoms with E-state index in [0.29, 0.717) is 0 Å². The van der Waals surface area contributed by atoms with Crippen molar-refractivity contribution in [1.82, 2.24) is 14.7 Å². The molecule has 1 amide bonds. The van der Waals surface area contributed by atoms with Crippen LogP contribution in [-0.2, 0) is 4.79 Å². The van der Waals surface area contributed by atoms with Gasteiger partial charge in [-0.2, -0.15) is 0 Å². The molecule has 0 aliphatic rings. The first-order valence-electron chi connectivity index (χ1n) is 6.98. The molecule has 0 spiro atoms. The Morgan fingerprint density at radius 1 is 0.778 bits per heavy atom. The molecule has 0 aliphatic carbocycles. The highest BCUT2D eigenvalue weighted by Gasteiger charge is 2.07. The Bertz CT molecular complexity index is 179. The van der Waals surface area contributed by atoms with Gasteiger partial charge < -0.3 is 14.7 Å². The minimum atomic E-state index is 0.192. The lowest BCUT2D eigenvalue weighted by Gasteiger charge is -2.22. The first kappa shape index (κ1) is 19.7. The molecule has 0 saturated heterocycles. The summed E-state index contributed by atoms with van der Waals surface area (Å²) >= 11 is 0. The molecule has 0 N–H and O–H groups in total. The van der Waals surface area contributed by atoms with Crippen molar-refractivity contribution in [2.45, 2.75) is 33.6 Å². The minimum Gasteiger partial charge on any atom is -0.343 e. The molecule has 18 heavy (non-hydrogen) atoms. The van der Waals surface area contributed by atoms with Gasteiger partial charge in [0.05, 0.1) is 0 Å². The van der Waals surface area contributed by atoms with E-state index in [1.165, 1.54) is 0 Å². The lowest BCUT2D eigenvalue weighted by Crippen LogP contribution is -2.33. The van der Waals surface area contributed by atoms with Crippen LogP contribution in [0.4, 0.5) is 0 Å². The van der Waals surface area contributed by atoms with Crippen molar-refractivity contribution < 1.29 is 4.79 Å². The standard InChI is InChI=1S/C12H27N3O.C2H6/c1-12(16)15(10-6-8-13(2)3)11-7-9-14(4)5;1-2/h6-11H2,1-5H3;1-2H3. The van der Waals surface area contributed by atoms with Crippen LogP contribution < -0.4 is 0 Å². The Hall–Kier alpha value is -0.610. The maximum Gasteiger partial charge on any atom is 0.219 e. The molecule has 0 atom stereocenters. The molecule has 4 heteroatoms. The molecular weight excluding hydrogens is 226 g/mol. The van der Waals surface area contributed by atoms with Crippen molar-refractivity contribution in [3.63, 3.8) is 0 Å². The van der Waals surface area contributed by atoms with E-state index in [0.717, 1.165) is 39.0 Å². The van der Waals surface area contributed by atoms with Gasteiger partial charge in [0.2, 0.25) is 5.91 Å². The molecule has 0 radical (unpaired) electrons. The maximum atomic E-state index is 11.4. The first-order valence-corrected chi connectivity index (χ1v) is 6.98. The molecule has 0 aliphatic heterocycles. The zero-order valence-electron chi connectivity index (χ0n) is 13.5. The summed E-state index contributed by atoms with van der Waals surface area (Å²) in [5.41, 5.74) is 0. The van der Waals surface area contributed by atoms with Crippen molar-refractivity contribution >= 4 is 5.91 Å². The number of amides is 1. The van der Waals surface area contributed by atoms with Gasteiger partial charge in [-0.3, -0.25) is 4.79 Å². The topological polar surface area (TPSA) is 26.8 Å². The third-order valence-electron chi connectivity index (χ3n) is 2.51. The van der Waals surface area contributed by atoms with Crippen LogP contribution in [0.3, 0.4) is 0 Å². The van der Waals surface area contributed by atoms with Crippen molar-refractivity contribution in [2.24, 2.45) is 0 Å². The molecule has 0 aromatic carbocycles. The van der Waals surface area contributed by atoms with E-state index >= 15 is 0 Å². The van der Waals surface area contributed by atoms with Gasteiger partial charge in [0, 0.05) is 20.0 Å². The van der Waals surface area contributed by atoms with Crippen molar-refractivity contribution in [3.8, 4) is 0 Å². The molecule has 0 bridgehead atoms. The van der Waals surface area contributed by atoms with E-state index < -0.39 is 0 Å². The van der Waals surface area contributed by atoms with E-state index in [9.17, 15) is 4.79 Å². The summed E-state index contributed by atoms with van der Waals surface area (Å²) in [6.07, 6.45) is 2.10. The Morgan fingerprint density at radius 3 is 1.33 bits per heavy atom. The number of hydrogen-bond acceptors (Lipinski definition) is 3. The zero-order valence-corrected chi connectivity index (χ0v) is 13.5. The number of nitrogens with zero attached hydrogens (tertiary/aromatic N) is 3. The second kappa shape index (κ2) is 12.8. The summed E-state index contributed by atoms with van der Waals surface area (Å²) in [4.78, 5) is 17.6. The summed E-state index contributed by atoms with van der Waals surface area (Å²) in [5, 5.41) is 0. The van der Waals surface area contributed by atoms with Crippen LogP contribution in [0, 0.1) is 0 Å². The summed E-state index contributed by atoms with van der Waals surface area (Å²) < 4.78 is 0. The van der Waals surface area contributed by atoms with E-state index in [1.54, 1.807) is 6.92 Å². The molecule has 0 aromatic heterocycles. The van der Waals surface area contributed by atoms with Gasteiger partial charge >= 0.3 is 0 Å². The third kappa shape index (κ3) is 13.5. The molecule has 4 nitrogen and oxygen atoms in total. The lowest BCUT2D eigenvalue weighted by atomic mass is 10.3. The largest absolute Gasteiger partial charge is 0.343 e. The average Bonchev–Trinajstić information content (AvgIpc) is 2.28. The number of hydrogen-bond donors (Lipinski definition) is 0. The van der Waals surface area contributed by atoms with Crippen LogP contribution in [0.1, 0.15) is 33.6 Å². The Balaban J connectivity index is 0.